The minimum atomic E-state index is -0.189. The molecule has 0 aliphatic rings. The summed E-state index contributed by atoms with van der Waals surface area (Å²) in [4.78, 5) is 21.1. The lowest BCUT2D eigenvalue weighted by atomic mass is 10.1. The molecule has 0 saturated carbocycles. The molecule has 3 aromatic carbocycles. The molecule has 34 heavy (non-hydrogen) atoms. The largest absolute Gasteiger partial charge is 0.447 e. The molecule has 0 N–H and O–H groups in total. The fraction of sp³-hybridized carbons (Fsp3) is 0.185. The molecule has 1 aromatic heterocycles. The van der Waals surface area contributed by atoms with Gasteiger partial charge in [0.05, 0.1) is 16.6 Å². The normalized spacial score (nSPS) is 11.1. The van der Waals surface area contributed by atoms with E-state index in [1.807, 2.05) is 60.7 Å². The molecule has 0 spiro atoms. The average molecular weight is 494 g/mol. The Morgan fingerprint density at radius 1 is 0.824 bits per heavy atom. The summed E-state index contributed by atoms with van der Waals surface area (Å²) in [5, 5.41) is 1.05. The van der Waals surface area contributed by atoms with Gasteiger partial charge in [0.15, 0.2) is 5.69 Å². The Kier molecular flexibility index (Phi) is 8.01. The number of nitrogens with zero attached hydrogens (tertiary/aromatic N) is 3. The van der Waals surface area contributed by atoms with Gasteiger partial charge in [-0.15, -0.1) is 0 Å². The molecule has 0 saturated heterocycles. The second kappa shape index (κ2) is 11.3. The second-order valence-electron chi connectivity index (χ2n) is 8.12. The van der Waals surface area contributed by atoms with Crippen LogP contribution < -0.4 is 0 Å². The highest BCUT2D eigenvalue weighted by molar-refractivity contribution is 6.42. The molecule has 5 nitrogen and oxygen atoms in total. The lowest BCUT2D eigenvalue weighted by molar-refractivity contribution is 0.0779. The number of hydrogen-bond acceptors (Lipinski definition) is 4. The molecular formula is C27H25Cl2N3O2. The maximum atomic E-state index is 12.9. The Morgan fingerprint density at radius 3 is 2.15 bits per heavy atom. The lowest BCUT2D eigenvalue weighted by Gasteiger charge is -2.22. The van der Waals surface area contributed by atoms with E-state index >= 15 is 0 Å². The standard InChI is InChI=1S/C27H25Cl2N3O2/c1-31(15-20-9-4-2-5-10-20)27(33)24-19-34-25(30-24)18-32(16-21-11-6-3-7-12-21)17-22-13-8-14-23(28)26(22)29/h2-14,19H,15-18H2,1H3. The van der Waals surface area contributed by atoms with Crippen LogP contribution in [-0.4, -0.2) is 27.7 Å². The van der Waals surface area contributed by atoms with Crippen molar-refractivity contribution in [1.29, 1.82) is 0 Å². The van der Waals surface area contributed by atoms with Gasteiger partial charge in [0.25, 0.3) is 5.91 Å². The van der Waals surface area contributed by atoms with Crippen LogP contribution in [0, 0.1) is 0 Å². The highest BCUT2D eigenvalue weighted by Gasteiger charge is 2.19. The van der Waals surface area contributed by atoms with Crippen molar-refractivity contribution in [2.75, 3.05) is 7.05 Å². The fourth-order valence-electron chi connectivity index (χ4n) is 3.72. The summed E-state index contributed by atoms with van der Waals surface area (Å²) >= 11 is 12.7. The lowest BCUT2D eigenvalue weighted by Crippen LogP contribution is -2.26. The van der Waals surface area contributed by atoms with Gasteiger partial charge in [0.2, 0.25) is 5.89 Å². The number of rotatable bonds is 9. The first-order valence-corrected chi connectivity index (χ1v) is 11.7. The topological polar surface area (TPSA) is 49.6 Å². The molecule has 1 heterocycles. The van der Waals surface area contributed by atoms with E-state index < -0.39 is 0 Å². The molecule has 0 atom stereocenters. The van der Waals surface area contributed by atoms with E-state index in [1.165, 1.54) is 6.26 Å². The van der Waals surface area contributed by atoms with Gasteiger partial charge in [-0.25, -0.2) is 4.98 Å². The quantitative estimate of drug-likeness (QED) is 0.268. The van der Waals surface area contributed by atoms with Crippen molar-refractivity contribution in [2.24, 2.45) is 0 Å². The fourth-order valence-corrected chi connectivity index (χ4v) is 4.10. The Bertz CT molecular complexity index is 1230. The summed E-state index contributed by atoms with van der Waals surface area (Å²) in [5.74, 6) is 0.275. The first-order valence-electron chi connectivity index (χ1n) is 10.9. The van der Waals surface area contributed by atoms with E-state index in [9.17, 15) is 4.79 Å². The van der Waals surface area contributed by atoms with Crippen molar-refractivity contribution in [3.8, 4) is 0 Å². The van der Waals surface area contributed by atoms with Crippen LogP contribution in [0.25, 0.3) is 0 Å². The Hall–Kier alpha value is -3.12. The van der Waals surface area contributed by atoms with E-state index in [0.717, 1.165) is 16.7 Å². The monoisotopic (exact) mass is 493 g/mol. The van der Waals surface area contributed by atoms with E-state index in [0.29, 0.717) is 42.1 Å². The third kappa shape index (κ3) is 6.26. The molecular weight excluding hydrogens is 469 g/mol. The zero-order chi connectivity index (χ0) is 23.9. The first kappa shape index (κ1) is 24.0. The minimum Gasteiger partial charge on any atom is -0.447 e. The van der Waals surface area contributed by atoms with Crippen molar-refractivity contribution in [2.45, 2.75) is 26.2 Å². The summed E-state index contributed by atoms with van der Waals surface area (Å²) < 4.78 is 5.69. The summed E-state index contributed by atoms with van der Waals surface area (Å²) in [5.41, 5.74) is 3.39. The van der Waals surface area contributed by atoms with Crippen molar-refractivity contribution >= 4 is 29.1 Å². The predicted octanol–water partition coefficient (Wildman–Crippen LogP) is 6.46. The third-order valence-electron chi connectivity index (χ3n) is 5.41. The maximum absolute atomic E-state index is 12.9. The van der Waals surface area contributed by atoms with Gasteiger partial charge in [-0.2, -0.15) is 0 Å². The van der Waals surface area contributed by atoms with Gasteiger partial charge >= 0.3 is 0 Å². The van der Waals surface area contributed by atoms with Crippen LogP contribution in [0.15, 0.2) is 89.5 Å². The van der Waals surface area contributed by atoms with Crippen LogP contribution in [0.3, 0.4) is 0 Å². The Labute approximate surface area is 209 Å². The summed E-state index contributed by atoms with van der Waals surface area (Å²) in [7, 11) is 1.76. The Morgan fingerprint density at radius 2 is 1.47 bits per heavy atom. The number of oxazole rings is 1. The summed E-state index contributed by atoms with van der Waals surface area (Å²) in [6, 6.07) is 25.6. The summed E-state index contributed by atoms with van der Waals surface area (Å²) in [6.45, 7) is 2.11. The smallest absolute Gasteiger partial charge is 0.275 e. The first-order chi connectivity index (χ1) is 16.5. The number of carbonyl (C=O) groups excluding carboxylic acids is 1. The van der Waals surface area contributed by atoms with E-state index in [-0.39, 0.29) is 11.6 Å². The molecule has 0 aliphatic heterocycles. The zero-order valence-corrected chi connectivity index (χ0v) is 20.3. The highest BCUT2D eigenvalue weighted by Crippen LogP contribution is 2.27. The van der Waals surface area contributed by atoms with E-state index in [2.05, 4.69) is 22.0 Å². The van der Waals surface area contributed by atoms with Crippen molar-refractivity contribution in [3.05, 3.63) is 123 Å². The Balaban J connectivity index is 1.48. The zero-order valence-electron chi connectivity index (χ0n) is 18.8. The van der Waals surface area contributed by atoms with Gasteiger partial charge in [0, 0.05) is 26.7 Å². The number of halogens is 2. The van der Waals surface area contributed by atoms with Crippen molar-refractivity contribution < 1.29 is 9.21 Å². The van der Waals surface area contributed by atoms with Crippen LogP contribution in [-0.2, 0) is 26.2 Å². The molecule has 0 fully saturated rings. The molecule has 1 amide bonds. The molecule has 0 aliphatic carbocycles. The van der Waals surface area contributed by atoms with Crippen molar-refractivity contribution in [3.63, 3.8) is 0 Å². The number of hydrogen-bond donors (Lipinski definition) is 0. The number of aromatic nitrogens is 1. The van der Waals surface area contributed by atoms with Crippen LogP contribution in [0.2, 0.25) is 10.0 Å². The molecule has 4 aromatic rings. The van der Waals surface area contributed by atoms with Gasteiger partial charge in [-0.05, 0) is 22.8 Å². The molecule has 7 heteroatoms. The van der Waals surface area contributed by atoms with E-state index in [4.69, 9.17) is 27.6 Å². The minimum absolute atomic E-state index is 0.189. The van der Waals surface area contributed by atoms with Crippen LogP contribution >= 0.6 is 23.2 Å². The number of benzene rings is 3. The van der Waals surface area contributed by atoms with Crippen LogP contribution in [0.1, 0.15) is 33.1 Å². The van der Waals surface area contributed by atoms with Gasteiger partial charge < -0.3 is 9.32 Å². The molecule has 0 bridgehead atoms. The molecule has 0 radical (unpaired) electrons. The summed E-state index contributed by atoms with van der Waals surface area (Å²) in [6.07, 6.45) is 1.42. The molecule has 0 unspecified atom stereocenters. The van der Waals surface area contributed by atoms with Gasteiger partial charge in [-0.3, -0.25) is 9.69 Å². The number of amides is 1. The maximum Gasteiger partial charge on any atom is 0.275 e. The molecule has 174 valence electrons. The highest BCUT2D eigenvalue weighted by atomic mass is 35.5. The second-order valence-corrected chi connectivity index (χ2v) is 8.90. The number of carbonyl (C=O) groups is 1. The van der Waals surface area contributed by atoms with Gasteiger partial charge in [0.1, 0.15) is 6.26 Å². The van der Waals surface area contributed by atoms with E-state index in [1.54, 1.807) is 18.0 Å². The van der Waals surface area contributed by atoms with Gasteiger partial charge in [-0.1, -0.05) is 96.0 Å². The van der Waals surface area contributed by atoms with Crippen LogP contribution in [0.5, 0.6) is 0 Å². The van der Waals surface area contributed by atoms with Crippen molar-refractivity contribution in [1.82, 2.24) is 14.8 Å². The SMILES string of the molecule is CN(Cc1ccccc1)C(=O)c1coc(CN(Cc2ccccc2)Cc2cccc(Cl)c2Cl)n1. The predicted molar refractivity (Wildman–Crippen MR) is 135 cm³/mol. The third-order valence-corrected chi connectivity index (χ3v) is 6.27. The van der Waals surface area contributed by atoms with Crippen LogP contribution in [0.4, 0.5) is 0 Å². The average Bonchev–Trinajstić information content (AvgIpc) is 3.31. The molecule has 4 rings (SSSR count).